The van der Waals surface area contributed by atoms with E-state index >= 15 is 0 Å². The van der Waals surface area contributed by atoms with Gasteiger partial charge in [-0.1, -0.05) is 30.3 Å². The number of aromatic nitrogens is 6. The second kappa shape index (κ2) is 9.04. The largest absolute Gasteiger partial charge is 0.504 e. The van der Waals surface area contributed by atoms with Gasteiger partial charge in [-0.15, -0.1) is 13.2 Å². The molecule has 37 heavy (non-hydrogen) atoms. The number of carbonyl (C=O) groups is 1. The quantitative estimate of drug-likeness (QED) is 0.361. The Morgan fingerprint density at radius 1 is 1.00 bits per heavy atom. The fourth-order valence-corrected chi connectivity index (χ4v) is 4.11. The molecule has 5 rings (SSSR count). The molecule has 0 unspecified atom stereocenters. The van der Waals surface area contributed by atoms with Gasteiger partial charge in [0.25, 0.3) is 5.91 Å². The van der Waals surface area contributed by atoms with E-state index in [1.54, 1.807) is 37.0 Å². The smallest absolute Gasteiger partial charge is 0.493 e. The molecule has 0 saturated carbocycles. The van der Waals surface area contributed by atoms with E-state index in [1.165, 1.54) is 6.33 Å². The summed E-state index contributed by atoms with van der Waals surface area (Å²) in [6.45, 7) is 1.94. The number of hydrogen-bond acceptors (Lipinski definition) is 6. The predicted molar refractivity (Wildman–Crippen MR) is 129 cm³/mol. The lowest BCUT2D eigenvalue weighted by Gasteiger charge is -2.13. The fraction of sp³-hybridized carbons (Fsp3) is 0.160. The number of carbonyl (C=O) groups excluding carboxylic acids is 1. The van der Waals surface area contributed by atoms with E-state index in [4.69, 9.17) is 10.5 Å². The summed E-state index contributed by atoms with van der Waals surface area (Å²) in [6, 6.07) is 12.6. The monoisotopic (exact) mass is 507 g/mol. The van der Waals surface area contributed by atoms with Crippen molar-refractivity contribution < 1.29 is 22.7 Å². The summed E-state index contributed by atoms with van der Waals surface area (Å²) in [6.07, 6.45) is -1.09. The topological polar surface area (TPSA) is 114 Å². The third-order valence-corrected chi connectivity index (χ3v) is 5.66. The minimum atomic E-state index is -4.85. The number of primary amides is 1. The number of fused-ring (bicyclic) bond motifs is 1. The van der Waals surface area contributed by atoms with E-state index in [0.717, 1.165) is 5.56 Å². The van der Waals surface area contributed by atoms with Crippen LogP contribution in [0.1, 0.15) is 17.3 Å². The van der Waals surface area contributed by atoms with Crippen LogP contribution in [0.25, 0.3) is 44.7 Å². The van der Waals surface area contributed by atoms with Crippen LogP contribution in [0.5, 0.6) is 5.75 Å². The molecule has 0 bridgehead atoms. The molecule has 0 spiro atoms. The van der Waals surface area contributed by atoms with Gasteiger partial charge >= 0.3 is 6.30 Å². The van der Waals surface area contributed by atoms with E-state index in [9.17, 15) is 18.0 Å². The molecule has 188 valence electrons. The second-order valence-electron chi connectivity index (χ2n) is 8.12. The Balaban J connectivity index is 1.80. The summed E-state index contributed by atoms with van der Waals surface area (Å²) >= 11 is 0. The molecule has 0 aliphatic carbocycles. The van der Waals surface area contributed by atoms with Gasteiger partial charge in [-0.2, -0.15) is 14.9 Å². The van der Waals surface area contributed by atoms with Crippen LogP contribution < -0.4 is 10.5 Å². The van der Waals surface area contributed by atoms with Gasteiger partial charge in [0.2, 0.25) is 0 Å². The molecule has 12 heteroatoms. The normalized spacial score (nSPS) is 11.7. The number of aryl methyl sites for hydroxylation is 1. The Morgan fingerprint density at radius 3 is 2.43 bits per heavy atom. The Bertz CT molecular complexity index is 1630. The van der Waals surface area contributed by atoms with Crippen molar-refractivity contribution in [3.63, 3.8) is 0 Å². The number of nitrogens with two attached hydrogens (primary N) is 1. The Kier molecular flexibility index (Phi) is 5.86. The summed E-state index contributed by atoms with van der Waals surface area (Å²) in [4.78, 5) is 20.9. The molecular weight excluding hydrogens is 487 g/mol. The number of ether oxygens (including phenoxy) is 1. The standard InChI is InChI=1S/C25H20F3N7O2/c1-3-37-20-10-19-15(9-16(20)23-18(24(29)36)12-35(33-23)25(26,27)28)22(31-13-30-19)17-11-34(2)32-21(17)14-7-5-4-6-8-14/h4-13H,3H2,1-2H3,(H2,29,36). The number of nitrogens with zero attached hydrogens (tertiary/aromatic N) is 6. The van der Waals surface area contributed by atoms with E-state index < -0.39 is 17.8 Å². The van der Waals surface area contributed by atoms with Crippen molar-refractivity contribution in [1.82, 2.24) is 29.5 Å². The number of amides is 1. The van der Waals surface area contributed by atoms with Crippen molar-refractivity contribution in [3.05, 3.63) is 66.7 Å². The molecule has 3 heterocycles. The fourth-order valence-electron chi connectivity index (χ4n) is 4.11. The van der Waals surface area contributed by atoms with Crippen LogP contribution in [0, 0.1) is 0 Å². The molecule has 0 aliphatic rings. The van der Waals surface area contributed by atoms with Gasteiger partial charge in [0.15, 0.2) is 0 Å². The maximum Gasteiger partial charge on any atom is 0.504 e. The highest BCUT2D eigenvalue weighted by Gasteiger charge is 2.34. The summed E-state index contributed by atoms with van der Waals surface area (Å²) < 4.78 is 47.4. The molecule has 2 aromatic carbocycles. The van der Waals surface area contributed by atoms with Crippen LogP contribution in [-0.2, 0) is 13.3 Å². The van der Waals surface area contributed by atoms with Crippen molar-refractivity contribution in [3.8, 4) is 39.5 Å². The number of hydrogen-bond donors (Lipinski definition) is 1. The van der Waals surface area contributed by atoms with Crippen LogP contribution in [0.4, 0.5) is 13.2 Å². The van der Waals surface area contributed by atoms with Gasteiger partial charge in [-0.05, 0) is 13.0 Å². The molecule has 3 aromatic heterocycles. The number of alkyl halides is 3. The summed E-state index contributed by atoms with van der Waals surface area (Å²) in [5.74, 6) is -0.861. The molecule has 1 amide bonds. The molecule has 0 radical (unpaired) electrons. The summed E-state index contributed by atoms with van der Waals surface area (Å²) in [5, 5.41) is 8.74. The average molecular weight is 507 g/mol. The van der Waals surface area contributed by atoms with Crippen LogP contribution >= 0.6 is 0 Å². The number of rotatable bonds is 6. The van der Waals surface area contributed by atoms with Crippen molar-refractivity contribution >= 4 is 16.8 Å². The van der Waals surface area contributed by atoms with Gasteiger partial charge in [0, 0.05) is 47.6 Å². The SMILES string of the molecule is CCOc1cc2ncnc(-c3cn(C)nc3-c3ccccc3)c2cc1-c1nn(C(F)(F)F)cc1C(N)=O. The maximum atomic E-state index is 13.4. The van der Waals surface area contributed by atoms with Crippen molar-refractivity contribution in [2.24, 2.45) is 12.8 Å². The molecule has 0 fully saturated rings. The minimum Gasteiger partial charge on any atom is -0.493 e. The van der Waals surface area contributed by atoms with E-state index in [1.807, 2.05) is 30.3 Å². The lowest BCUT2D eigenvalue weighted by atomic mass is 9.99. The van der Waals surface area contributed by atoms with E-state index in [0.29, 0.717) is 34.1 Å². The highest BCUT2D eigenvalue weighted by atomic mass is 19.4. The van der Waals surface area contributed by atoms with Crippen molar-refractivity contribution in [2.75, 3.05) is 6.61 Å². The van der Waals surface area contributed by atoms with Gasteiger partial charge in [-0.3, -0.25) is 9.48 Å². The Morgan fingerprint density at radius 2 is 1.76 bits per heavy atom. The lowest BCUT2D eigenvalue weighted by Crippen LogP contribution is -2.17. The maximum absolute atomic E-state index is 13.4. The molecular formula is C25H20F3N7O2. The lowest BCUT2D eigenvalue weighted by molar-refractivity contribution is -0.212. The van der Waals surface area contributed by atoms with Crippen LogP contribution in [0.15, 0.2) is 61.2 Å². The third-order valence-electron chi connectivity index (χ3n) is 5.66. The predicted octanol–water partition coefficient (Wildman–Crippen LogP) is 4.53. The zero-order valence-corrected chi connectivity index (χ0v) is 19.7. The van der Waals surface area contributed by atoms with Gasteiger partial charge in [0.05, 0.1) is 23.4 Å². The molecule has 9 nitrogen and oxygen atoms in total. The van der Waals surface area contributed by atoms with Gasteiger partial charge in [0.1, 0.15) is 23.5 Å². The first kappa shape index (κ1) is 24.0. The third kappa shape index (κ3) is 4.37. The van der Waals surface area contributed by atoms with Crippen molar-refractivity contribution in [2.45, 2.75) is 13.2 Å². The first-order chi connectivity index (χ1) is 17.7. The van der Waals surface area contributed by atoms with Crippen LogP contribution in [0.3, 0.4) is 0 Å². The van der Waals surface area contributed by atoms with Crippen molar-refractivity contribution in [1.29, 1.82) is 0 Å². The summed E-state index contributed by atoms with van der Waals surface area (Å²) in [5.41, 5.74) is 8.09. The van der Waals surface area contributed by atoms with E-state index in [-0.39, 0.29) is 28.3 Å². The molecule has 0 atom stereocenters. The first-order valence-electron chi connectivity index (χ1n) is 11.2. The Labute approximate surface area is 208 Å². The molecule has 0 aliphatic heterocycles. The van der Waals surface area contributed by atoms with Crippen LogP contribution in [0.2, 0.25) is 0 Å². The highest BCUT2D eigenvalue weighted by Crippen LogP contribution is 2.40. The second-order valence-corrected chi connectivity index (χ2v) is 8.12. The van der Waals surface area contributed by atoms with E-state index in [2.05, 4.69) is 20.2 Å². The molecule has 5 aromatic rings. The summed E-state index contributed by atoms with van der Waals surface area (Å²) in [7, 11) is 1.78. The molecule has 2 N–H and O–H groups in total. The zero-order chi connectivity index (χ0) is 26.3. The Hall–Kier alpha value is -4.74. The number of benzene rings is 2. The van der Waals surface area contributed by atoms with Gasteiger partial charge < -0.3 is 10.5 Å². The van der Waals surface area contributed by atoms with Crippen LogP contribution in [-0.4, -0.2) is 42.0 Å². The molecule has 0 saturated heterocycles. The first-order valence-corrected chi connectivity index (χ1v) is 11.2. The van der Waals surface area contributed by atoms with Gasteiger partial charge in [-0.25, -0.2) is 9.97 Å². The zero-order valence-electron chi connectivity index (χ0n) is 19.7. The minimum absolute atomic E-state index is 0.146. The highest BCUT2D eigenvalue weighted by molar-refractivity contribution is 6.03. The average Bonchev–Trinajstić information content (AvgIpc) is 3.48. The number of halogens is 3.